The summed E-state index contributed by atoms with van der Waals surface area (Å²) in [7, 11) is 0. The summed E-state index contributed by atoms with van der Waals surface area (Å²) in [6.45, 7) is 2.01. The first-order valence-electron chi connectivity index (χ1n) is 7.20. The van der Waals surface area contributed by atoms with Crippen LogP contribution >= 0.6 is 0 Å². The van der Waals surface area contributed by atoms with Crippen molar-refractivity contribution in [2.24, 2.45) is 0 Å². The van der Waals surface area contributed by atoms with Gasteiger partial charge in [-0.3, -0.25) is 0 Å². The molecule has 0 aliphatic carbocycles. The van der Waals surface area contributed by atoms with E-state index in [9.17, 15) is 4.79 Å². The van der Waals surface area contributed by atoms with Gasteiger partial charge < -0.3 is 14.2 Å². The Kier molecular flexibility index (Phi) is 6.01. The number of carbonyl (C=O) groups is 1. The van der Waals surface area contributed by atoms with Crippen molar-refractivity contribution in [3.8, 4) is 17.6 Å². The zero-order valence-corrected chi connectivity index (χ0v) is 12.8. The van der Waals surface area contributed by atoms with E-state index in [-0.39, 0.29) is 13.2 Å². The van der Waals surface area contributed by atoms with E-state index in [1.165, 1.54) is 0 Å². The molecule has 5 nitrogen and oxygen atoms in total. The van der Waals surface area contributed by atoms with Crippen molar-refractivity contribution in [1.29, 1.82) is 5.26 Å². The molecule has 1 atom stereocenters. The second-order valence-electron chi connectivity index (χ2n) is 4.73. The summed E-state index contributed by atoms with van der Waals surface area (Å²) >= 11 is 0. The highest BCUT2D eigenvalue weighted by Crippen LogP contribution is 2.15. The molecule has 0 bridgehead atoms. The summed E-state index contributed by atoms with van der Waals surface area (Å²) in [6.07, 6.45) is -0.763. The molecular formula is C18H17NO4. The fraction of sp³-hybridized carbons (Fsp3) is 0.222. The van der Waals surface area contributed by atoms with Gasteiger partial charge in [-0.25, -0.2) is 4.79 Å². The van der Waals surface area contributed by atoms with Crippen LogP contribution in [0.3, 0.4) is 0 Å². The van der Waals surface area contributed by atoms with E-state index in [1.54, 1.807) is 31.2 Å². The van der Waals surface area contributed by atoms with Crippen LogP contribution in [0.15, 0.2) is 54.6 Å². The van der Waals surface area contributed by atoms with Gasteiger partial charge in [0.2, 0.25) is 0 Å². The van der Waals surface area contributed by atoms with Crippen LogP contribution < -0.4 is 9.47 Å². The molecule has 2 aromatic carbocycles. The Balaban J connectivity index is 1.73. The highest BCUT2D eigenvalue weighted by Gasteiger charge is 2.16. The van der Waals surface area contributed by atoms with Gasteiger partial charge in [0.15, 0.2) is 6.10 Å². The van der Waals surface area contributed by atoms with E-state index < -0.39 is 12.1 Å². The Morgan fingerprint density at radius 2 is 1.83 bits per heavy atom. The Hall–Kier alpha value is -3.00. The van der Waals surface area contributed by atoms with Gasteiger partial charge in [-0.1, -0.05) is 24.3 Å². The predicted octanol–water partition coefficient (Wildman–Crippen LogP) is 2.95. The molecule has 0 aliphatic rings. The van der Waals surface area contributed by atoms with Crippen molar-refractivity contribution in [2.75, 3.05) is 13.2 Å². The second kappa shape index (κ2) is 8.44. The van der Waals surface area contributed by atoms with Gasteiger partial charge in [-0.05, 0) is 37.3 Å². The van der Waals surface area contributed by atoms with E-state index in [0.717, 1.165) is 5.75 Å². The Labute approximate surface area is 135 Å². The molecule has 1 unspecified atom stereocenters. The molecule has 0 spiro atoms. The van der Waals surface area contributed by atoms with Gasteiger partial charge >= 0.3 is 5.97 Å². The molecule has 0 N–H and O–H groups in total. The molecule has 0 aliphatic heterocycles. The third-order valence-electron chi connectivity index (χ3n) is 2.95. The van der Waals surface area contributed by atoms with E-state index in [2.05, 4.69) is 0 Å². The fourth-order valence-electron chi connectivity index (χ4n) is 1.83. The SMILES string of the molecule is CC(Oc1cccc(C#N)c1)C(=O)OCCOc1ccccc1. The van der Waals surface area contributed by atoms with Crippen molar-refractivity contribution >= 4 is 5.97 Å². The summed E-state index contributed by atoms with van der Waals surface area (Å²) in [5.74, 6) is 0.694. The van der Waals surface area contributed by atoms with Crippen LogP contribution in [0.25, 0.3) is 0 Å². The molecule has 0 saturated heterocycles. The summed E-state index contributed by atoms with van der Waals surface area (Å²) in [5, 5.41) is 8.83. The number of hydrogen-bond acceptors (Lipinski definition) is 5. The van der Waals surface area contributed by atoms with Crippen LogP contribution in [0.1, 0.15) is 12.5 Å². The number of para-hydroxylation sites is 1. The first-order valence-corrected chi connectivity index (χ1v) is 7.20. The lowest BCUT2D eigenvalue weighted by Gasteiger charge is -2.14. The number of rotatable bonds is 7. The third kappa shape index (κ3) is 5.36. The zero-order valence-electron chi connectivity index (χ0n) is 12.8. The van der Waals surface area contributed by atoms with Crippen LogP contribution in [-0.4, -0.2) is 25.3 Å². The predicted molar refractivity (Wildman–Crippen MR) is 84.1 cm³/mol. The maximum Gasteiger partial charge on any atom is 0.347 e. The molecule has 2 aromatic rings. The molecule has 23 heavy (non-hydrogen) atoms. The lowest BCUT2D eigenvalue weighted by atomic mass is 10.2. The van der Waals surface area contributed by atoms with E-state index in [1.807, 2.05) is 36.4 Å². The minimum atomic E-state index is -0.763. The summed E-state index contributed by atoms with van der Waals surface area (Å²) in [5.41, 5.74) is 0.472. The molecule has 0 saturated carbocycles. The summed E-state index contributed by atoms with van der Waals surface area (Å²) in [4.78, 5) is 11.8. The van der Waals surface area contributed by atoms with Gasteiger partial charge in [-0.2, -0.15) is 5.26 Å². The maximum atomic E-state index is 11.8. The van der Waals surface area contributed by atoms with E-state index in [0.29, 0.717) is 11.3 Å². The minimum absolute atomic E-state index is 0.139. The molecular weight excluding hydrogens is 294 g/mol. The zero-order chi connectivity index (χ0) is 16.5. The normalized spacial score (nSPS) is 11.1. The van der Waals surface area contributed by atoms with Crippen LogP contribution in [0.5, 0.6) is 11.5 Å². The number of carbonyl (C=O) groups excluding carboxylic acids is 1. The Bertz CT molecular complexity index is 679. The van der Waals surface area contributed by atoms with Gasteiger partial charge in [0.05, 0.1) is 11.6 Å². The number of nitrogens with zero attached hydrogens (tertiary/aromatic N) is 1. The number of ether oxygens (including phenoxy) is 3. The smallest absolute Gasteiger partial charge is 0.347 e. The molecule has 0 aromatic heterocycles. The molecule has 5 heteroatoms. The van der Waals surface area contributed by atoms with Gasteiger partial charge in [0.1, 0.15) is 24.7 Å². The number of esters is 1. The lowest BCUT2D eigenvalue weighted by Crippen LogP contribution is -2.27. The minimum Gasteiger partial charge on any atom is -0.490 e. The van der Waals surface area contributed by atoms with Gasteiger partial charge in [0, 0.05) is 0 Å². The third-order valence-corrected chi connectivity index (χ3v) is 2.95. The van der Waals surface area contributed by atoms with Crippen LogP contribution in [0.4, 0.5) is 0 Å². The average Bonchev–Trinajstić information content (AvgIpc) is 2.59. The number of nitriles is 1. The maximum absolute atomic E-state index is 11.8. The molecule has 2 rings (SSSR count). The summed E-state index contributed by atoms with van der Waals surface area (Å²) in [6, 6.07) is 17.9. The van der Waals surface area contributed by atoms with E-state index >= 15 is 0 Å². The quantitative estimate of drug-likeness (QED) is 0.581. The molecule has 0 amide bonds. The lowest BCUT2D eigenvalue weighted by molar-refractivity contribution is -0.151. The van der Waals surface area contributed by atoms with Crippen molar-refractivity contribution in [2.45, 2.75) is 13.0 Å². The fourth-order valence-corrected chi connectivity index (χ4v) is 1.83. The summed E-state index contributed by atoms with van der Waals surface area (Å²) < 4.78 is 16.0. The van der Waals surface area contributed by atoms with Crippen molar-refractivity contribution in [1.82, 2.24) is 0 Å². The highest BCUT2D eigenvalue weighted by molar-refractivity contribution is 5.74. The average molecular weight is 311 g/mol. The van der Waals surface area contributed by atoms with Crippen molar-refractivity contribution in [3.05, 3.63) is 60.2 Å². The molecule has 0 heterocycles. The molecule has 0 fully saturated rings. The monoisotopic (exact) mass is 311 g/mol. The Morgan fingerprint density at radius 3 is 2.57 bits per heavy atom. The van der Waals surface area contributed by atoms with Crippen LogP contribution in [0.2, 0.25) is 0 Å². The van der Waals surface area contributed by atoms with Crippen LogP contribution in [0, 0.1) is 11.3 Å². The topological polar surface area (TPSA) is 68.5 Å². The van der Waals surface area contributed by atoms with Gasteiger partial charge in [0.25, 0.3) is 0 Å². The second-order valence-corrected chi connectivity index (χ2v) is 4.73. The number of hydrogen-bond donors (Lipinski definition) is 0. The number of benzene rings is 2. The largest absolute Gasteiger partial charge is 0.490 e. The van der Waals surface area contributed by atoms with Crippen molar-refractivity contribution in [3.63, 3.8) is 0 Å². The molecule has 118 valence electrons. The van der Waals surface area contributed by atoms with Crippen molar-refractivity contribution < 1.29 is 19.0 Å². The van der Waals surface area contributed by atoms with Gasteiger partial charge in [-0.15, -0.1) is 0 Å². The van der Waals surface area contributed by atoms with E-state index in [4.69, 9.17) is 19.5 Å². The standard InChI is InChI=1S/C18H17NO4/c1-14(23-17-9-5-6-15(12-17)13-19)18(20)22-11-10-21-16-7-3-2-4-8-16/h2-9,12,14H,10-11H2,1H3. The first-order chi connectivity index (χ1) is 11.2. The molecule has 0 radical (unpaired) electrons. The first kappa shape index (κ1) is 16.4. The Morgan fingerprint density at radius 1 is 1.09 bits per heavy atom. The van der Waals surface area contributed by atoms with Crippen LogP contribution in [-0.2, 0) is 9.53 Å². The highest BCUT2D eigenvalue weighted by atomic mass is 16.6.